The van der Waals surface area contributed by atoms with Crippen LogP contribution < -0.4 is 0 Å². The first-order valence-corrected chi connectivity index (χ1v) is 13.6. The molecule has 0 aliphatic rings. The van der Waals surface area contributed by atoms with E-state index in [1.54, 1.807) is 37.2 Å². The number of hydrogen-bond donors (Lipinski definition) is 0. The molecule has 198 valence electrons. The third-order valence-electron chi connectivity index (χ3n) is 7.15. The molecule has 3 aromatic heterocycles. The van der Waals surface area contributed by atoms with Gasteiger partial charge in [0.25, 0.3) is 0 Å². The number of aromatic nitrogens is 6. The second-order valence-electron chi connectivity index (χ2n) is 9.62. The second-order valence-corrected chi connectivity index (χ2v) is 9.62. The van der Waals surface area contributed by atoms with Gasteiger partial charge in [0.05, 0.1) is 35.7 Å². The molecule has 0 saturated heterocycles. The minimum Gasteiger partial charge on any atom is -0.261 e. The van der Waals surface area contributed by atoms with Crippen LogP contribution in [0.5, 0.6) is 0 Å². The maximum absolute atomic E-state index is 4.86. The lowest BCUT2D eigenvalue weighted by Crippen LogP contribution is -2.04. The fourth-order valence-corrected chi connectivity index (χ4v) is 5.48. The lowest BCUT2D eigenvalue weighted by molar-refractivity contribution is 1.19. The molecule has 0 amide bonds. The highest BCUT2D eigenvalue weighted by Gasteiger charge is 2.30. The maximum atomic E-state index is 4.86. The lowest BCUT2D eigenvalue weighted by Gasteiger charge is -2.27. The van der Waals surface area contributed by atoms with Crippen LogP contribution in [0.2, 0.25) is 0 Å². The Kier molecular flexibility index (Phi) is 6.76. The van der Waals surface area contributed by atoms with Gasteiger partial charge in [0, 0.05) is 70.6 Å². The summed E-state index contributed by atoms with van der Waals surface area (Å²) in [7, 11) is 0. The van der Waals surface area contributed by atoms with Crippen LogP contribution >= 0.6 is 0 Å². The van der Waals surface area contributed by atoms with Crippen molar-refractivity contribution in [3.05, 3.63) is 147 Å². The van der Waals surface area contributed by atoms with Gasteiger partial charge < -0.3 is 0 Å². The van der Waals surface area contributed by atoms with E-state index in [9.17, 15) is 0 Å². The van der Waals surface area contributed by atoms with E-state index in [0.29, 0.717) is 0 Å². The van der Waals surface area contributed by atoms with Gasteiger partial charge in [-0.05, 0) is 16.7 Å². The molecule has 4 aromatic carbocycles. The van der Waals surface area contributed by atoms with Gasteiger partial charge in [-0.15, -0.1) is 0 Å². The zero-order valence-corrected chi connectivity index (χ0v) is 22.5. The van der Waals surface area contributed by atoms with E-state index in [0.717, 1.165) is 67.2 Å². The van der Waals surface area contributed by atoms with Crippen LogP contribution in [0.3, 0.4) is 0 Å². The molecule has 0 aliphatic heterocycles. The summed E-state index contributed by atoms with van der Waals surface area (Å²) in [6, 6.07) is 31.1. The minimum absolute atomic E-state index is 0.741. The fourth-order valence-electron chi connectivity index (χ4n) is 5.48. The Morgan fingerprint density at radius 3 is 0.810 bits per heavy atom. The number of rotatable bonds is 6. The highest BCUT2D eigenvalue weighted by molar-refractivity contribution is 6.13. The van der Waals surface area contributed by atoms with E-state index in [4.69, 9.17) is 15.0 Å². The van der Waals surface area contributed by atoms with Crippen LogP contribution in [0.25, 0.3) is 67.2 Å². The predicted octanol–water partition coefficient (Wildman–Crippen LogP) is 8.06. The summed E-state index contributed by atoms with van der Waals surface area (Å²) in [4.78, 5) is 28.1. The first kappa shape index (κ1) is 25.1. The summed E-state index contributed by atoms with van der Waals surface area (Å²) in [6.45, 7) is 0. The van der Waals surface area contributed by atoms with E-state index in [1.165, 1.54) is 0 Å². The molecule has 7 aromatic rings. The van der Waals surface area contributed by atoms with Gasteiger partial charge in [-0.1, -0.05) is 91.0 Å². The predicted molar refractivity (Wildman–Crippen MR) is 166 cm³/mol. The Bertz CT molecular complexity index is 1540. The molecule has 0 saturated carbocycles. The monoisotopic (exact) mass is 540 g/mol. The van der Waals surface area contributed by atoms with Crippen LogP contribution in [0.15, 0.2) is 147 Å². The zero-order chi connectivity index (χ0) is 28.1. The molecule has 42 heavy (non-hydrogen) atoms. The van der Waals surface area contributed by atoms with Crippen LogP contribution in [0.1, 0.15) is 0 Å². The number of hydrogen-bond acceptors (Lipinski definition) is 6. The Balaban J connectivity index is 1.81. The highest BCUT2D eigenvalue weighted by atomic mass is 14.8. The van der Waals surface area contributed by atoms with Crippen molar-refractivity contribution in [3.8, 4) is 67.2 Å². The van der Waals surface area contributed by atoms with Crippen LogP contribution in [0, 0.1) is 0 Å². The SMILES string of the molecule is c1ccc(-c2c(-c3cnccn3)c(-c3ccccc3)c(-c3cnccn3)c(-c3ccccc3)c2-c2cnccn2)cc1. The highest BCUT2D eigenvalue weighted by Crippen LogP contribution is 2.54. The average Bonchev–Trinajstić information content (AvgIpc) is 3.09. The van der Waals surface area contributed by atoms with Gasteiger partial charge in [0.15, 0.2) is 0 Å². The van der Waals surface area contributed by atoms with Crippen molar-refractivity contribution in [1.29, 1.82) is 0 Å². The quantitative estimate of drug-likeness (QED) is 0.212. The molecule has 7 rings (SSSR count). The third kappa shape index (κ3) is 4.61. The molecule has 0 N–H and O–H groups in total. The molecule has 0 fully saturated rings. The molecule has 6 heteroatoms. The van der Waals surface area contributed by atoms with E-state index in [2.05, 4.69) is 87.7 Å². The van der Waals surface area contributed by atoms with Crippen LogP contribution in [-0.2, 0) is 0 Å². The standard InChI is InChI=1S/C36H24N6/c1-4-10-25(11-5-1)31-34(28-22-37-16-19-40-28)32(26-12-6-2-7-13-26)36(30-24-39-18-21-42-30)33(27-14-8-3-9-15-27)35(31)29-23-38-17-20-41-29/h1-24H. The summed E-state index contributed by atoms with van der Waals surface area (Å²) in [5, 5.41) is 0. The van der Waals surface area contributed by atoms with Crippen molar-refractivity contribution >= 4 is 0 Å². The summed E-state index contributed by atoms with van der Waals surface area (Å²) in [6.07, 6.45) is 15.7. The largest absolute Gasteiger partial charge is 0.261 e. The first-order valence-electron chi connectivity index (χ1n) is 13.6. The van der Waals surface area contributed by atoms with Gasteiger partial charge in [0.1, 0.15) is 0 Å². The molecule has 0 radical (unpaired) electrons. The number of nitrogens with zero attached hydrogens (tertiary/aromatic N) is 6. The molecule has 6 nitrogen and oxygen atoms in total. The molecule has 0 unspecified atom stereocenters. The van der Waals surface area contributed by atoms with Gasteiger partial charge in [0.2, 0.25) is 0 Å². The van der Waals surface area contributed by atoms with Crippen molar-refractivity contribution in [2.24, 2.45) is 0 Å². The van der Waals surface area contributed by atoms with Crippen LogP contribution in [-0.4, -0.2) is 29.9 Å². The smallest absolute Gasteiger partial charge is 0.0898 e. The Hall–Kier alpha value is -5.88. The fraction of sp³-hybridized carbons (Fsp3) is 0. The van der Waals surface area contributed by atoms with Gasteiger partial charge >= 0.3 is 0 Å². The lowest BCUT2D eigenvalue weighted by atomic mass is 9.77. The Morgan fingerprint density at radius 2 is 0.571 bits per heavy atom. The number of benzene rings is 4. The Morgan fingerprint density at radius 1 is 0.286 bits per heavy atom. The average molecular weight is 541 g/mol. The van der Waals surface area contributed by atoms with E-state index >= 15 is 0 Å². The maximum Gasteiger partial charge on any atom is 0.0898 e. The van der Waals surface area contributed by atoms with Crippen LogP contribution in [0.4, 0.5) is 0 Å². The van der Waals surface area contributed by atoms with Gasteiger partial charge in [-0.3, -0.25) is 29.9 Å². The molecule has 3 heterocycles. The second kappa shape index (κ2) is 11.3. The first-order chi connectivity index (χ1) is 20.9. The van der Waals surface area contributed by atoms with Crippen molar-refractivity contribution in [2.75, 3.05) is 0 Å². The van der Waals surface area contributed by atoms with Crippen molar-refractivity contribution in [2.45, 2.75) is 0 Å². The van der Waals surface area contributed by atoms with Crippen molar-refractivity contribution in [3.63, 3.8) is 0 Å². The van der Waals surface area contributed by atoms with Crippen molar-refractivity contribution in [1.82, 2.24) is 29.9 Å². The topological polar surface area (TPSA) is 77.3 Å². The third-order valence-corrected chi connectivity index (χ3v) is 7.15. The van der Waals surface area contributed by atoms with Crippen molar-refractivity contribution < 1.29 is 0 Å². The molecular formula is C36H24N6. The molecule has 0 spiro atoms. The summed E-state index contributed by atoms with van der Waals surface area (Å²) in [5.41, 5.74) is 11.1. The van der Waals surface area contributed by atoms with Gasteiger partial charge in [-0.2, -0.15) is 0 Å². The van der Waals surface area contributed by atoms with E-state index < -0.39 is 0 Å². The summed E-state index contributed by atoms with van der Waals surface area (Å²) >= 11 is 0. The van der Waals surface area contributed by atoms with E-state index in [1.807, 2.05) is 36.8 Å². The zero-order valence-electron chi connectivity index (χ0n) is 22.5. The molecule has 0 bridgehead atoms. The summed E-state index contributed by atoms with van der Waals surface area (Å²) in [5.74, 6) is 0. The van der Waals surface area contributed by atoms with Gasteiger partial charge in [-0.25, -0.2) is 0 Å². The van der Waals surface area contributed by atoms with E-state index in [-0.39, 0.29) is 0 Å². The molecule has 0 aliphatic carbocycles. The normalized spacial score (nSPS) is 10.9. The minimum atomic E-state index is 0.741. The Labute approximate surface area is 243 Å². The summed E-state index contributed by atoms with van der Waals surface area (Å²) < 4.78 is 0. The molecule has 0 atom stereocenters. The molecular weight excluding hydrogens is 516 g/mol.